The van der Waals surface area contributed by atoms with Crippen molar-refractivity contribution in [3.63, 3.8) is 0 Å². The van der Waals surface area contributed by atoms with Gasteiger partial charge in [-0.1, -0.05) is 30.3 Å². The van der Waals surface area contributed by atoms with E-state index >= 15 is 0 Å². The molecular formula is C18H22N4O. The summed E-state index contributed by atoms with van der Waals surface area (Å²) in [5.74, 6) is 1.69. The van der Waals surface area contributed by atoms with Crippen LogP contribution >= 0.6 is 0 Å². The van der Waals surface area contributed by atoms with Gasteiger partial charge >= 0.3 is 0 Å². The molecule has 0 radical (unpaired) electrons. The van der Waals surface area contributed by atoms with Gasteiger partial charge in [0.1, 0.15) is 24.0 Å². The minimum atomic E-state index is 0.356. The van der Waals surface area contributed by atoms with Crippen LogP contribution in [-0.4, -0.2) is 24.8 Å². The number of amidine groups is 1. The SMILES string of the molecule is CN(C)C(N)=CC(N)=Nc1ccc(OCc2ccccc2)cc1. The van der Waals surface area contributed by atoms with Crippen LogP contribution in [0.15, 0.2) is 71.5 Å². The third-order valence-corrected chi connectivity index (χ3v) is 3.16. The molecule has 0 heterocycles. The zero-order valence-electron chi connectivity index (χ0n) is 13.4. The minimum Gasteiger partial charge on any atom is -0.489 e. The Morgan fingerprint density at radius 3 is 2.30 bits per heavy atom. The van der Waals surface area contributed by atoms with Gasteiger partial charge in [-0.2, -0.15) is 0 Å². The van der Waals surface area contributed by atoms with Crippen LogP contribution in [-0.2, 0) is 6.61 Å². The molecule has 0 atom stereocenters. The molecular weight excluding hydrogens is 288 g/mol. The second-order valence-corrected chi connectivity index (χ2v) is 5.27. The lowest BCUT2D eigenvalue weighted by atomic mass is 10.2. The Hall–Kier alpha value is -2.95. The summed E-state index contributed by atoms with van der Waals surface area (Å²) in [6.45, 7) is 0.535. The number of ether oxygens (including phenoxy) is 1. The quantitative estimate of drug-likeness (QED) is 0.635. The van der Waals surface area contributed by atoms with E-state index in [0.29, 0.717) is 18.3 Å². The van der Waals surface area contributed by atoms with Gasteiger partial charge in [-0.15, -0.1) is 0 Å². The van der Waals surface area contributed by atoms with E-state index in [0.717, 1.165) is 17.0 Å². The summed E-state index contributed by atoms with van der Waals surface area (Å²) < 4.78 is 5.73. The first kappa shape index (κ1) is 16.4. The zero-order chi connectivity index (χ0) is 16.7. The molecule has 0 aliphatic rings. The fourth-order valence-corrected chi connectivity index (χ4v) is 1.82. The Bertz CT molecular complexity index is 676. The number of benzene rings is 2. The molecule has 4 N–H and O–H groups in total. The smallest absolute Gasteiger partial charge is 0.127 e. The molecule has 0 aliphatic carbocycles. The Kier molecular flexibility index (Phi) is 5.63. The van der Waals surface area contributed by atoms with Crippen LogP contribution < -0.4 is 16.2 Å². The number of nitrogens with two attached hydrogens (primary N) is 2. The summed E-state index contributed by atoms with van der Waals surface area (Å²) in [7, 11) is 3.69. The molecule has 23 heavy (non-hydrogen) atoms. The molecule has 2 rings (SSSR count). The van der Waals surface area contributed by atoms with Gasteiger partial charge in [-0.05, 0) is 29.8 Å². The average molecular weight is 310 g/mol. The lowest BCUT2D eigenvalue weighted by Crippen LogP contribution is -2.21. The topological polar surface area (TPSA) is 76.9 Å². The van der Waals surface area contributed by atoms with Crippen molar-refractivity contribution >= 4 is 11.5 Å². The van der Waals surface area contributed by atoms with Crippen molar-refractivity contribution < 1.29 is 4.74 Å². The van der Waals surface area contributed by atoms with Crippen LogP contribution in [0.1, 0.15) is 5.56 Å². The first-order valence-electron chi connectivity index (χ1n) is 7.30. The fraction of sp³-hybridized carbons (Fsp3) is 0.167. The summed E-state index contributed by atoms with van der Waals surface area (Å²) in [5.41, 5.74) is 13.5. The first-order chi connectivity index (χ1) is 11.0. The Morgan fingerprint density at radius 1 is 1.04 bits per heavy atom. The fourth-order valence-electron chi connectivity index (χ4n) is 1.82. The van der Waals surface area contributed by atoms with Crippen molar-refractivity contribution in [1.82, 2.24) is 4.90 Å². The largest absolute Gasteiger partial charge is 0.489 e. The van der Waals surface area contributed by atoms with Gasteiger partial charge < -0.3 is 21.1 Å². The molecule has 0 fully saturated rings. The number of rotatable bonds is 6. The maximum atomic E-state index is 5.85. The second-order valence-electron chi connectivity index (χ2n) is 5.27. The predicted octanol–water partition coefficient (Wildman–Crippen LogP) is 2.62. The molecule has 5 heteroatoms. The predicted molar refractivity (Wildman–Crippen MR) is 94.5 cm³/mol. The average Bonchev–Trinajstić information content (AvgIpc) is 2.55. The van der Waals surface area contributed by atoms with E-state index in [9.17, 15) is 0 Å². The summed E-state index contributed by atoms with van der Waals surface area (Å²) in [6, 6.07) is 17.5. The van der Waals surface area contributed by atoms with E-state index < -0.39 is 0 Å². The third kappa shape index (κ3) is 5.39. The number of aliphatic imine (C=N–C) groups is 1. The molecule has 0 spiro atoms. The number of nitrogens with zero attached hydrogens (tertiary/aromatic N) is 2. The molecule has 0 saturated heterocycles. The Labute approximate surface area is 136 Å². The second kappa shape index (κ2) is 7.89. The third-order valence-electron chi connectivity index (χ3n) is 3.16. The van der Waals surface area contributed by atoms with Crippen molar-refractivity contribution in [2.75, 3.05) is 14.1 Å². The van der Waals surface area contributed by atoms with Crippen LogP contribution in [0, 0.1) is 0 Å². The van der Waals surface area contributed by atoms with Crippen molar-refractivity contribution in [2.24, 2.45) is 16.5 Å². The van der Waals surface area contributed by atoms with E-state index in [-0.39, 0.29) is 0 Å². The molecule has 0 amide bonds. The molecule has 0 unspecified atom stereocenters. The summed E-state index contributed by atoms with van der Waals surface area (Å²) in [4.78, 5) is 6.06. The molecule has 2 aromatic rings. The van der Waals surface area contributed by atoms with Crippen molar-refractivity contribution in [3.8, 4) is 5.75 Å². The van der Waals surface area contributed by atoms with Crippen molar-refractivity contribution in [3.05, 3.63) is 72.1 Å². The maximum absolute atomic E-state index is 5.85. The van der Waals surface area contributed by atoms with Gasteiger partial charge in [0.2, 0.25) is 0 Å². The lowest BCUT2D eigenvalue weighted by molar-refractivity contribution is 0.306. The van der Waals surface area contributed by atoms with Crippen molar-refractivity contribution in [2.45, 2.75) is 6.61 Å². The lowest BCUT2D eigenvalue weighted by Gasteiger charge is -2.11. The molecule has 0 aliphatic heterocycles. The molecule has 0 aromatic heterocycles. The highest BCUT2D eigenvalue weighted by molar-refractivity contribution is 5.93. The van der Waals surface area contributed by atoms with Crippen LogP contribution in [0.4, 0.5) is 5.69 Å². The Morgan fingerprint density at radius 2 is 1.70 bits per heavy atom. The molecule has 5 nitrogen and oxygen atoms in total. The van der Waals surface area contributed by atoms with E-state index in [2.05, 4.69) is 4.99 Å². The normalized spacial score (nSPS) is 12.1. The van der Waals surface area contributed by atoms with E-state index in [4.69, 9.17) is 16.2 Å². The monoisotopic (exact) mass is 310 g/mol. The summed E-state index contributed by atoms with van der Waals surface area (Å²) >= 11 is 0. The maximum Gasteiger partial charge on any atom is 0.127 e. The van der Waals surface area contributed by atoms with Crippen molar-refractivity contribution in [1.29, 1.82) is 0 Å². The zero-order valence-corrected chi connectivity index (χ0v) is 13.4. The van der Waals surface area contributed by atoms with Crippen LogP contribution in [0.25, 0.3) is 0 Å². The van der Waals surface area contributed by atoms with Crippen LogP contribution in [0.2, 0.25) is 0 Å². The standard InChI is InChI=1S/C18H22N4O/c1-22(2)18(20)12-17(19)21-15-8-10-16(11-9-15)23-13-14-6-4-3-5-7-14/h3-12H,13,20H2,1-2H3,(H2,19,21). The molecule has 0 saturated carbocycles. The van der Waals surface area contributed by atoms with Gasteiger partial charge in [-0.3, -0.25) is 0 Å². The number of hydrogen-bond donors (Lipinski definition) is 2. The van der Waals surface area contributed by atoms with Gasteiger partial charge in [0.05, 0.1) is 5.69 Å². The highest BCUT2D eigenvalue weighted by Gasteiger charge is 1.98. The molecule has 0 bridgehead atoms. The van der Waals surface area contributed by atoms with Crippen LogP contribution in [0.5, 0.6) is 5.75 Å². The van der Waals surface area contributed by atoms with E-state index in [1.165, 1.54) is 0 Å². The van der Waals surface area contributed by atoms with Gasteiger partial charge in [0.15, 0.2) is 0 Å². The highest BCUT2D eigenvalue weighted by atomic mass is 16.5. The van der Waals surface area contributed by atoms with Crippen LogP contribution in [0.3, 0.4) is 0 Å². The van der Waals surface area contributed by atoms with Gasteiger partial charge in [0.25, 0.3) is 0 Å². The van der Waals surface area contributed by atoms with Gasteiger partial charge in [-0.25, -0.2) is 4.99 Å². The molecule has 120 valence electrons. The minimum absolute atomic E-state index is 0.356. The number of hydrogen-bond acceptors (Lipinski definition) is 4. The van der Waals surface area contributed by atoms with E-state index in [1.807, 2.05) is 68.7 Å². The summed E-state index contributed by atoms with van der Waals surface area (Å²) in [5, 5.41) is 0. The first-order valence-corrected chi connectivity index (χ1v) is 7.30. The highest BCUT2D eigenvalue weighted by Crippen LogP contribution is 2.19. The van der Waals surface area contributed by atoms with Gasteiger partial charge in [0, 0.05) is 20.2 Å². The summed E-state index contributed by atoms with van der Waals surface area (Å²) in [6.07, 6.45) is 1.62. The molecule has 2 aromatic carbocycles. The van der Waals surface area contributed by atoms with E-state index in [1.54, 1.807) is 11.0 Å². The Balaban J connectivity index is 1.98.